The van der Waals surface area contributed by atoms with Crippen LogP contribution in [0.3, 0.4) is 0 Å². The summed E-state index contributed by atoms with van der Waals surface area (Å²) in [5.41, 5.74) is 1.53. The zero-order valence-corrected chi connectivity index (χ0v) is 26.6. The van der Waals surface area contributed by atoms with Crippen LogP contribution in [0.4, 0.5) is 10.1 Å². The van der Waals surface area contributed by atoms with Gasteiger partial charge in [0.2, 0.25) is 11.8 Å². The van der Waals surface area contributed by atoms with Crippen LogP contribution < -0.4 is 9.62 Å². The molecule has 11 heteroatoms. The first-order valence-corrected chi connectivity index (χ1v) is 16.6. The third kappa shape index (κ3) is 8.28. The number of amides is 2. The molecular weight excluding hydrogens is 612 g/mol. The van der Waals surface area contributed by atoms with Crippen molar-refractivity contribution in [1.29, 1.82) is 0 Å². The van der Waals surface area contributed by atoms with Gasteiger partial charge in [-0.3, -0.25) is 13.9 Å². The molecule has 4 rings (SSSR count). The molecule has 1 unspecified atom stereocenters. The summed E-state index contributed by atoms with van der Waals surface area (Å²) in [6.45, 7) is 2.96. The van der Waals surface area contributed by atoms with Crippen molar-refractivity contribution in [2.75, 3.05) is 10.8 Å². The molecule has 0 spiro atoms. The maximum Gasteiger partial charge on any atom is 0.264 e. The number of sulfonamides is 1. The Bertz CT molecular complexity index is 1530. The normalized spacial score (nSPS) is 14.6. The predicted octanol–water partition coefficient (Wildman–Crippen LogP) is 6.89. The molecule has 0 saturated heterocycles. The van der Waals surface area contributed by atoms with Gasteiger partial charge in [0.1, 0.15) is 18.4 Å². The molecule has 1 saturated carbocycles. The molecule has 0 aliphatic heterocycles. The van der Waals surface area contributed by atoms with Crippen LogP contribution in [0.1, 0.15) is 56.6 Å². The van der Waals surface area contributed by atoms with Gasteiger partial charge in [0, 0.05) is 22.6 Å². The van der Waals surface area contributed by atoms with E-state index in [1.165, 1.54) is 29.2 Å². The third-order valence-electron chi connectivity index (χ3n) is 7.70. The molecule has 1 fully saturated rings. The van der Waals surface area contributed by atoms with Crippen molar-refractivity contribution in [2.45, 2.75) is 75.9 Å². The summed E-state index contributed by atoms with van der Waals surface area (Å²) in [4.78, 5) is 29.2. The Morgan fingerprint density at radius 1 is 0.977 bits per heavy atom. The smallest absolute Gasteiger partial charge is 0.264 e. The molecule has 0 radical (unpaired) electrons. The maximum atomic E-state index is 14.2. The van der Waals surface area contributed by atoms with E-state index in [-0.39, 0.29) is 35.5 Å². The van der Waals surface area contributed by atoms with Gasteiger partial charge in [0.05, 0.1) is 10.6 Å². The summed E-state index contributed by atoms with van der Waals surface area (Å²) in [5, 5.41) is 3.84. The van der Waals surface area contributed by atoms with E-state index in [2.05, 4.69) is 5.32 Å². The zero-order valence-electron chi connectivity index (χ0n) is 24.2. The molecule has 2 amide bonds. The highest BCUT2D eigenvalue weighted by atomic mass is 35.5. The van der Waals surface area contributed by atoms with E-state index in [1.807, 2.05) is 6.92 Å². The van der Waals surface area contributed by atoms with Gasteiger partial charge in [0.25, 0.3) is 10.0 Å². The van der Waals surface area contributed by atoms with Crippen molar-refractivity contribution in [1.82, 2.24) is 10.2 Å². The van der Waals surface area contributed by atoms with Gasteiger partial charge in [-0.05, 0) is 80.3 Å². The number of hydrogen-bond donors (Lipinski definition) is 1. The van der Waals surface area contributed by atoms with Crippen LogP contribution in [0, 0.1) is 12.7 Å². The van der Waals surface area contributed by atoms with E-state index in [0.29, 0.717) is 15.6 Å². The van der Waals surface area contributed by atoms with E-state index in [0.717, 1.165) is 54.1 Å². The Morgan fingerprint density at radius 3 is 2.23 bits per heavy atom. The average molecular weight is 649 g/mol. The fraction of sp³-hybridized carbons (Fsp3) is 0.375. The minimum Gasteiger partial charge on any atom is -0.352 e. The van der Waals surface area contributed by atoms with Gasteiger partial charge >= 0.3 is 0 Å². The van der Waals surface area contributed by atoms with E-state index >= 15 is 0 Å². The largest absolute Gasteiger partial charge is 0.352 e. The van der Waals surface area contributed by atoms with Gasteiger partial charge in [-0.2, -0.15) is 0 Å². The number of halogens is 3. The number of benzene rings is 3. The second kappa shape index (κ2) is 14.6. The summed E-state index contributed by atoms with van der Waals surface area (Å²) < 4.78 is 42.6. The minimum absolute atomic E-state index is 0.0176. The molecule has 0 bridgehead atoms. The average Bonchev–Trinajstić information content (AvgIpc) is 2.98. The van der Waals surface area contributed by atoms with Gasteiger partial charge in [-0.1, -0.05) is 73.2 Å². The number of carbonyl (C=O) groups excluding carboxylic acids is 2. The van der Waals surface area contributed by atoms with Gasteiger partial charge in [-0.15, -0.1) is 0 Å². The number of hydrogen-bond acceptors (Lipinski definition) is 4. The Morgan fingerprint density at radius 2 is 1.63 bits per heavy atom. The van der Waals surface area contributed by atoms with E-state index in [9.17, 15) is 22.4 Å². The molecule has 0 aromatic heterocycles. The van der Waals surface area contributed by atoms with E-state index in [1.54, 1.807) is 37.3 Å². The molecule has 1 N–H and O–H groups in total. The molecule has 1 atom stereocenters. The van der Waals surface area contributed by atoms with Crippen molar-refractivity contribution < 1.29 is 22.4 Å². The van der Waals surface area contributed by atoms with Crippen molar-refractivity contribution in [3.63, 3.8) is 0 Å². The molecule has 7 nitrogen and oxygen atoms in total. The first-order valence-electron chi connectivity index (χ1n) is 14.4. The number of carbonyl (C=O) groups is 2. The molecule has 1 aliphatic carbocycles. The summed E-state index contributed by atoms with van der Waals surface area (Å²) in [6, 6.07) is 15.1. The Kier molecular flexibility index (Phi) is 11.1. The van der Waals surface area contributed by atoms with Crippen LogP contribution in [0.15, 0.2) is 71.6 Å². The van der Waals surface area contributed by atoms with Crippen molar-refractivity contribution in [3.05, 3.63) is 93.7 Å². The van der Waals surface area contributed by atoms with Crippen LogP contribution in [-0.4, -0.2) is 43.8 Å². The van der Waals surface area contributed by atoms with Gasteiger partial charge < -0.3 is 10.2 Å². The molecule has 0 heterocycles. The Labute approximate surface area is 263 Å². The highest BCUT2D eigenvalue weighted by molar-refractivity contribution is 7.92. The SMILES string of the molecule is CCC(C(=O)NC1CCCCC1)N(Cc1ccc(Cl)cc1Cl)C(=O)CN(c1ccc(F)cc1)S(=O)(=O)c1ccc(C)cc1. The topological polar surface area (TPSA) is 86.8 Å². The Hall–Kier alpha value is -3.14. The second-order valence-corrected chi connectivity index (χ2v) is 13.5. The van der Waals surface area contributed by atoms with Crippen LogP contribution in [0.5, 0.6) is 0 Å². The number of nitrogens with zero attached hydrogens (tertiary/aromatic N) is 2. The molecule has 43 heavy (non-hydrogen) atoms. The number of anilines is 1. The van der Waals surface area contributed by atoms with Gasteiger partial charge in [0.15, 0.2) is 0 Å². The van der Waals surface area contributed by atoms with Crippen LogP contribution in [-0.2, 0) is 26.2 Å². The fourth-order valence-electron chi connectivity index (χ4n) is 5.27. The molecule has 230 valence electrons. The first kappa shape index (κ1) is 32.8. The molecule has 1 aliphatic rings. The van der Waals surface area contributed by atoms with E-state index < -0.39 is 34.3 Å². The number of aryl methyl sites for hydroxylation is 1. The number of nitrogens with one attached hydrogen (secondary N) is 1. The highest BCUT2D eigenvalue weighted by Crippen LogP contribution is 2.27. The Balaban J connectivity index is 1.72. The minimum atomic E-state index is -4.25. The summed E-state index contributed by atoms with van der Waals surface area (Å²) >= 11 is 12.6. The number of rotatable bonds is 11. The van der Waals surface area contributed by atoms with Crippen molar-refractivity contribution in [3.8, 4) is 0 Å². The lowest BCUT2D eigenvalue weighted by molar-refractivity contribution is -0.140. The molecule has 3 aromatic carbocycles. The summed E-state index contributed by atoms with van der Waals surface area (Å²) in [5.74, 6) is -1.47. The third-order valence-corrected chi connectivity index (χ3v) is 10.1. The lowest BCUT2D eigenvalue weighted by Crippen LogP contribution is -2.54. The van der Waals surface area contributed by atoms with Crippen molar-refractivity contribution >= 4 is 50.7 Å². The molecule has 3 aromatic rings. The lowest BCUT2D eigenvalue weighted by Gasteiger charge is -2.34. The highest BCUT2D eigenvalue weighted by Gasteiger charge is 2.34. The molecular formula is C32H36Cl2FN3O4S. The van der Waals surface area contributed by atoms with Crippen LogP contribution in [0.25, 0.3) is 0 Å². The standard InChI is InChI=1S/C32H36Cl2FN3O4S/c1-3-30(32(40)36-26-7-5-4-6-8-26)37(20-23-11-12-24(33)19-29(23)34)31(39)21-38(27-15-13-25(35)14-16-27)43(41,42)28-17-9-22(2)10-18-28/h9-19,26,30H,3-8,20-21H2,1-2H3,(H,36,40). The van der Waals surface area contributed by atoms with Crippen molar-refractivity contribution in [2.24, 2.45) is 0 Å². The van der Waals surface area contributed by atoms with Crippen LogP contribution in [0.2, 0.25) is 10.0 Å². The predicted molar refractivity (Wildman–Crippen MR) is 168 cm³/mol. The first-order chi connectivity index (χ1) is 20.5. The quantitative estimate of drug-likeness (QED) is 0.245. The van der Waals surface area contributed by atoms with E-state index in [4.69, 9.17) is 23.2 Å². The summed E-state index contributed by atoms with van der Waals surface area (Å²) in [6.07, 6.45) is 5.19. The lowest BCUT2D eigenvalue weighted by atomic mass is 9.95. The fourth-order valence-corrected chi connectivity index (χ4v) is 7.15. The van der Waals surface area contributed by atoms with Crippen LogP contribution >= 0.6 is 23.2 Å². The zero-order chi connectivity index (χ0) is 31.1. The maximum absolute atomic E-state index is 14.2. The second-order valence-electron chi connectivity index (χ2n) is 10.8. The summed E-state index contributed by atoms with van der Waals surface area (Å²) in [7, 11) is -4.25. The van der Waals surface area contributed by atoms with Gasteiger partial charge in [-0.25, -0.2) is 12.8 Å². The monoisotopic (exact) mass is 647 g/mol.